The minimum atomic E-state index is -0.222. The molecule has 0 spiro atoms. The molecule has 0 fully saturated rings. The number of aromatic nitrogens is 2. The van der Waals surface area contributed by atoms with Crippen LogP contribution in [0.15, 0.2) is 4.52 Å². The molecule has 86 valence electrons. The van der Waals surface area contributed by atoms with Crippen LogP contribution >= 0.6 is 0 Å². The van der Waals surface area contributed by atoms with Crippen molar-refractivity contribution in [3.63, 3.8) is 0 Å². The Morgan fingerprint density at radius 2 is 2.20 bits per heavy atom. The van der Waals surface area contributed by atoms with Gasteiger partial charge in [-0.1, -0.05) is 5.16 Å². The summed E-state index contributed by atoms with van der Waals surface area (Å²) in [5.74, 6) is 1.08. The van der Waals surface area contributed by atoms with E-state index in [9.17, 15) is 0 Å². The standard InChI is InChI=1S/C9H17N3O3/c1-7(10)9-11-8(12-15-9)3-4-14-6-5-13-2/h7H,3-6,10H2,1-2H3. The largest absolute Gasteiger partial charge is 0.382 e. The molecule has 0 saturated carbocycles. The fourth-order valence-electron chi connectivity index (χ4n) is 0.962. The molecule has 0 bridgehead atoms. The van der Waals surface area contributed by atoms with Gasteiger partial charge in [0.25, 0.3) is 0 Å². The smallest absolute Gasteiger partial charge is 0.243 e. The maximum absolute atomic E-state index is 5.58. The van der Waals surface area contributed by atoms with Gasteiger partial charge in [-0.25, -0.2) is 0 Å². The summed E-state index contributed by atoms with van der Waals surface area (Å²) >= 11 is 0. The first-order valence-electron chi connectivity index (χ1n) is 4.88. The van der Waals surface area contributed by atoms with E-state index in [2.05, 4.69) is 10.1 Å². The number of nitrogens with two attached hydrogens (primary N) is 1. The second-order valence-corrected chi connectivity index (χ2v) is 3.19. The van der Waals surface area contributed by atoms with Crippen molar-refractivity contribution < 1.29 is 14.0 Å². The second kappa shape index (κ2) is 6.49. The molecule has 1 aromatic heterocycles. The molecular formula is C9H17N3O3. The Morgan fingerprint density at radius 1 is 1.40 bits per heavy atom. The van der Waals surface area contributed by atoms with Gasteiger partial charge in [-0.05, 0) is 6.92 Å². The summed E-state index contributed by atoms with van der Waals surface area (Å²) in [6, 6.07) is -0.222. The zero-order valence-corrected chi connectivity index (χ0v) is 9.10. The fourth-order valence-corrected chi connectivity index (χ4v) is 0.962. The quantitative estimate of drug-likeness (QED) is 0.658. The molecule has 6 heteroatoms. The van der Waals surface area contributed by atoms with Crippen LogP contribution in [0.3, 0.4) is 0 Å². The van der Waals surface area contributed by atoms with E-state index in [1.807, 2.05) is 0 Å². The number of nitrogens with zero attached hydrogens (tertiary/aromatic N) is 2. The summed E-state index contributed by atoms with van der Waals surface area (Å²) in [6.45, 7) is 3.53. The van der Waals surface area contributed by atoms with Crippen molar-refractivity contribution in [1.82, 2.24) is 10.1 Å². The van der Waals surface area contributed by atoms with Gasteiger partial charge in [0, 0.05) is 13.5 Å². The van der Waals surface area contributed by atoms with Crippen LogP contribution < -0.4 is 5.73 Å². The third-order valence-corrected chi connectivity index (χ3v) is 1.78. The molecule has 0 aromatic carbocycles. The van der Waals surface area contributed by atoms with Crippen LogP contribution in [0, 0.1) is 0 Å². The van der Waals surface area contributed by atoms with Crippen molar-refractivity contribution in [2.24, 2.45) is 5.73 Å². The zero-order chi connectivity index (χ0) is 11.1. The number of ether oxygens (including phenoxy) is 2. The predicted octanol–water partition coefficient (Wildman–Crippen LogP) is 0.295. The van der Waals surface area contributed by atoms with E-state index >= 15 is 0 Å². The van der Waals surface area contributed by atoms with E-state index in [1.165, 1.54) is 0 Å². The first kappa shape index (κ1) is 12.1. The summed E-state index contributed by atoms with van der Waals surface area (Å²) in [6.07, 6.45) is 0.625. The Labute approximate surface area is 88.7 Å². The van der Waals surface area contributed by atoms with Crippen molar-refractivity contribution in [2.45, 2.75) is 19.4 Å². The van der Waals surface area contributed by atoms with Gasteiger partial charge in [-0.15, -0.1) is 0 Å². The average molecular weight is 215 g/mol. The molecule has 6 nitrogen and oxygen atoms in total. The van der Waals surface area contributed by atoms with Crippen LogP contribution in [-0.2, 0) is 15.9 Å². The minimum absolute atomic E-state index is 0.222. The van der Waals surface area contributed by atoms with Crippen LogP contribution in [0.5, 0.6) is 0 Å². The van der Waals surface area contributed by atoms with E-state index in [0.29, 0.717) is 38.0 Å². The molecule has 0 saturated heterocycles. The van der Waals surface area contributed by atoms with Crippen molar-refractivity contribution in [3.05, 3.63) is 11.7 Å². The van der Waals surface area contributed by atoms with Gasteiger partial charge in [-0.3, -0.25) is 0 Å². The number of methoxy groups -OCH3 is 1. The Kier molecular flexibility index (Phi) is 5.23. The molecule has 1 rings (SSSR count). The fraction of sp³-hybridized carbons (Fsp3) is 0.778. The lowest BCUT2D eigenvalue weighted by atomic mass is 10.3. The summed E-state index contributed by atoms with van der Waals surface area (Å²) < 4.78 is 15.0. The van der Waals surface area contributed by atoms with Crippen molar-refractivity contribution >= 4 is 0 Å². The zero-order valence-electron chi connectivity index (χ0n) is 9.10. The molecule has 1 atom stereocenters. The van der Waals surface area contributed by atoms with E-state index in [-0.39, 0.29) is 6.04 Å². The Morgan fingerprint density at radius 3 is 2.80 bits per heavy atom. The van der Waals surface area contributed by atoms with Crippen LogP contribution in [0.4, 0.5) is 0 Å². The summed E-state index contributed by atoms with van der Waals surface area (Å²) in [7, 11) is 1.64. The lowest BCUT2D eigenvalue weighted by Crippen LogP contribution is -2.07. The third kappa shape index (κ3) is 4.37. The number of rotatable bonds is 7. The Hall–Kier alpha value is -0.980. The monoisotopic (exact) mass is 215 g/mol. The van der Waals surface area contributed by atoms with E-state index < -0.39 is 0 Å². The van der Waals surface area contributed by atoms with Crippen LogP contribution in [-0.4, -0.2) is 37.1 Å². The van der Waals surface area contributed by atoms with Crippen LogP contribution in [0.1, 0.15) is 24.7 Å². The molecule has 0 aliphatic carbocycles. The highest BCUT2D eigenvalue weighted by Crippen LogP contribution is 2.05. The lowest BCUT2D eigenvalue weighted by Gasteiger charge is -2.00. The van der Waals surface area contributed by atoms with Gasteiger partial charge >= 0.3 is 0 Å². The molecule has 0 amide bonds. The molecule has 1 heterocycles. The summed E-state index contributed by atoms with van der Waals surface area (Å²) in [4.78, 5) is 4.11. The van der Waals surface area contributed by atoms with Gasteiger partial charge in [0.05, 0.1) is 25.9 Å². The normalized spacial score (nSPS) is 13.0. The predicted molar refractivity (Wildman–Crippen MR) is 53.3 cm³/mol. The molecular weight excluding hydrogens is 198 g/mol. The highest BCUT2D eigenvalue weighted by Gasteiger charge is 2.09. The van der Waals surface area contributed by atoms with Crippen molar-refractivity contribution in [1.29, 1.82) is 0 Å². The summed E-state index contributed by atoms with van der Waals surface area (Å²) in [5.41, 5.74) is 5.58. The maximum atomic E-state index is 5.58. The Balaban J connectivity index is 2.20. The van der Waals surface area contributed by atoms with Crippen LogP contribution in [0.2, 0.25) is 0 Å². The van der Waals surface area contributed by atoms with E-state index in [0.717, 1.165) is 0 Å². The molecule has 0 aliphatic heterocycles. The lowest BCUT2D eigenvalue weighted by molar-refractivity contribution is 0.0714. The van der Waals surface area contributed by atoms with Gasteiger partial charge in [0.15, 0.2) is 5.82 Å². The Bertz CT molecular complexity index is 275. The SMILES string of the molecule is COCCOCCc1noc(C(C)N)n1. The number of hydrogen-bond acceptors (Lipinski definition) is 6. The molecule has 0 aliphatic rings. The highest BCUT2D eigenvalue weighted by molar-refractivity contribution is 4.90. The van der Waals surface area contributed by atoms with Crippen molar-refractivity contribution in [2.75, 3.05) is 26.9 Å². The van der Waals surface area contributed by atoms with E-state index in [1.54, 1.807) is 14.0 Å². The van der Waals surface area contributed by atoms with Crippen molar-refractivity contribution in [3.8, 4) is 0 Å². The second-order valence-electron chi connectivity index (χ2n) is 3.19. The third-order valence-electron chi connectivity index (χ3n) is 1.78. The van der Waals surface area contributed by atoms with Gasteiger partial charge in [0.2, 0.25) is 5.89 Å². The molecule has 1 aromatic rings. The van der Waals surface area contributed by atoms with Gasteiger partial charge < -0.3 is 19.7 Å². The molecule has 2 N–H and O–H groups in total. The first-order valence-corrected chi connectivity index (χ1v) is 4.88. The van der Waals surface area contributed by atoms with Gasteiger partial charge in [-0.2, -0.15) is 4.98 Å². The molecule has 0 radical (unpaired) electrons. The topological polar surface area (TPSA) is 83.4 Å². The number of hydrogen-bond donors (Lipinski definition) is 1. The van der Waals surface area contributed by atoms with E-state index in [4.69, 9.17) is 19.7 Å². The average Bonchev–Trinajstić information content (AvgIpc) is 2.66. The molecule has 1 unspecified atom stereocenters. The maximum Gasteiger partial charge on any atom is 0.243 e. The van der Waals surface area contributed by atoms with Crippen LogP contribution in [0.25, 0.3) is 0 Å². The minimum Gasteiger partial charge on any atom is -0.382 e. The van der Waals surface area contributed by atoms with Gasteiger partial charge in [0.1, 0.15) is 0 Å². The summed E-state index contributed by atoms with van der Waals surface area (Å²) in [5, 5.41) is 3.78. The highest BCUT2D eigenvalue weighted by atomic mass is 16.5. The first-order chi connectivity index (χ1) is 7.24. The molecule has 15 heavy (non-hydrogen) atoms.